The second-order valence-corrected chi connectivity index (χ2v) is 9.39. The van der Waals surface area contributed by atoms with Gasteiger partial charge in [-0.3, -0.25) is 14.0 Å². The number of carbonyl (C=O) groups is 1. The van der Waals surface area contributed by atoms with E-state index in [1.165, 1.54) is 26.2 Å². The molecule has 0 aromatic carbocycles. The van der Waals surface area contributed by atoms with Gasteiger partial charge in [0, 0.05) is 30.7 Å². The molecular weight excluding hydrogens is 475 g/mol. The number of pyridine rings is 2. The Hall–Kier alpha value is -3.57. The van der Waals surface area contributed by atoms with Gasteiger partial charge in [-0.15, -0.1) is 0 Å². The van der Waals surface area contributed by atoms with Gasteiger partial charge in [0.05, 0.1) is 40.3 Å². The van der Waals surface area contributed by atoms with Gasteiger partial charge in [-0.25, -0.2) is 19.3 Å². The average molecular weight is 501 g/mol. The van der Waals surface area contributed by atoms with Crippen molar-refractivity contribution in [2.24, 2.45) is 0 Å². The molecule has 1 amide bonds. The number of amides is 1. The molecule has 0 aliphatic rings. The van der Waals surface area contributed by atoms with Crippen LogP contribution in [0.2, 0.25) is 5.02 Å². The minimum absolute atomic E-state index is 0.153. The predicted octanol–water partition coefficient (Wildman–Crippen LogP) is 3.83. The lowest BCUT2D eigenvalue weighted by molar-refractivity contribution is -0.00177. The van der Waals surface area contributed by atoms with E-state index in [0.717, 1.165) is 0 Å². The van der Waals surface area contributed by atoms with Crippen LogP contribution < -0.4 is 10.6 Å². The van der Waals surface area contributed by atoms with Crippen LogP contribution in [0, 0.1) is 0 Å². The zero-order chi connectivity index (χ0) is 25.3. The summed E-state index contributed by atoms with van der Waals surface area (Å²) in [4.78, 5) is 26.0. The van der Waals surface area contributed by atoms with Crippen LogP contribution in [0.3, 0.4) is 0 Å². The van der Waals surface area contributed by atoms with Crippen LogP contribution in [0.25, 0.3) is 17.0 Å². The van der Waals surface area contributed by atoms with E-state index in [1.54, 1.807) is 33.9 Å². The second kappa shape index (κ2) is 9.59. The molecular formula is C23H26ClFN8O2. The lowest BCUT2D eigenvalue weighted by atomic mass is 10.0. The van der Waals surface area contributed by atoms with Crippen molar-refractivity contribution in [1.29, 1.82) is 0 Å². The summed E-state index contributed by atoms with van der Waals surface area (Å²) < 4.78 is 17.6. The van der Waals surface area contributed by atoms with Crippen LogP contribution in [-0.2, 0) is 0 Å². The molecule has 0 bridgehead atoms. The highest BCUT2D eigenvalue weighted by molar-refractivity contribution is 6.31. The topological polar surface area (TPSA) is 123 Å². The van der Waals surface area contributed by atoms with Gasteiger partial charge >= 0.3 is 0 Å². The molecule has 0 aliphatic carbocycles. The second-order valence-electron chi connectivity index (χ2n) is 8.96. The normalized spacial score (nSPS) is 12.8. The van der Waals surface area contributed by atoms with Gasteiger partial charge in [0.25, 0.3) is 5.91 Å². The largest absolute Gasteiger partial charge is 0.387 e. The first kappa shape index (κ1) is 24.6. The summed E-state index contributed by atoms with van der Waals surface area (Å²) in [6.45, 7) is 6.33. The highest BCUT2D eigenvalue weighted by Gasteiger charge is 2.27. The molecule has 10 nitrogen and oxygen atoms in total. The number of imidazole rings is 1. The maximum atomic E-state index is 14.2. The van der Waals surface area contributed by atoms with Crippen molar-refractivity contribution in [3.05, 3.63) is 53.8 Å². The van der Waals surface area contributed by atoms with E-state index in [1.807, 2.05) is 20.0 Å². The molecule has 4 aromatic rings. The van der Waals surface area contributed by atoms with Gasteiger partial charge in [-0.1, -0.05) is 11.6 Å². The molecule has 1 atom stereocenters. The number of fused-ring (bicyclic) bond motifs is 1. The lowest BCUT2D eigenvalue weighted by Crippen LogP contribution is -2.42. The number of aromatic nitrogens is 6. The van der Waals surface area contributed by atoms with E-state index < -0.39 is 17.7 Å². The van der Waals surface area contributed by atoms with Gasteiger partial charge in [-0.05, 0) is 33.8 Å². The quantitative estimate of drug-likeness (QED) is 0.336. The van der Waals surface area contributed by atoms with Crippen molar-refractivity contribution < 1.29 is 14.3 Å². The summed E-state index contributed by atoms with van der Waals surface area (Å²) in [5.41, 5.74) is 0.822. The minimum atomic E-state index is -1.64. The highest BCUT2D eigenvalue weighted by Crippen LogP contribution is 2.25. The van der Waals surface area contributed by atoms with Crippen molar-refractivity contribution in [3.63, 3.8) is 0 Å². The molecule has 12 heteroatoms. The predicted molar refractivity (Wildman–Crippen MR) is 131 cm³/mol. The van der Waals surface area contributed by atoms with Crippen LogP contribution in [0.4, 0.5) is 15.8 Å². The van der Waals surface area contributed by atoms with Crippen LogP contribution in [0.1, 0.15) is 44.1 Å². The number of anilines is 2. The molecule has 1 unspecified atom stereocenters. The van der Waals surface area contributed by atoms with Gasteiger partial charge in [0.1, 0.15) is 23.8 Å². The summed E-state index contributed by atoms with van der Waals surface area (Å²) in [5, 5.41) is 20.3. The fraction of sp³-hybridized carbons (Fsp3) is 0.348. The Bertz CT molecular complexity index is 1360. The number of hydrogen-bond donors (Lipinski definition) is 3. The Morgan fingerprint density at radius 2 is 1.97 bits per heavy atom. The average Bonchev–Trinajstić information content (AvgIpc) is 3.43. The van der Waals surface area contributed by atoms with Crippen molar-refractivity contribution in [2.75, 3.05) is 11.9 Å². The number of halogens is 2. The lowest BCUT2D eigenvalue weighted by Gasteiger charge is -2.22. The highest BCUT2D eigenvalue weighted by atomic mass is 35.5. The minimum Gasteiger partial charge on any atom is -0.387 e. The van der Waals surface area contributed by atoms with E-state index in [9.17, 15) is 14.3 Å². The van der Waals surface area contributed by atoms with Gasteiger partial charge in [0.15, 0.2) is 5.65 Å². The van der Waals surface area contributed by atoms with E-state index in [2.05, 4.69) is 30.7 Å². The molecule has 3 N–H and O–H groups in total. The molecule has 4 rings (SSSR count). The maximum Gasteiger partial charge on any atom is 0.255 e. The first-order valence-electron chi connectivity index (χ1n) is 11.0. The summed E-state index contributed by atoms with van der Waals surface area (Å²) in [6, 6.07) is 3.51. The van der Waals surface area contributed by atoms with Crippen molar-refractivity contribution >= 4 is 40.0 Å². The first-order chi connectivity index (χ1) is 16.5. The number of alkyl halides is 1. The molecule has 0 spiro atoms. The Kier molecular flexibility index (Phi) is 6.73. The molecule has 4 aromatic heterocycles. The van der Waals surface area contributed by atoms with E-state index in [0.29, 0.717) is 33.4 Å². The molecule has 0 aliphatic heterocycles. The van der Waals surface area contributed by atoms with E-state index >= 15 is 0 Å². The Balaban J connectivity index is 1.70. The van der Waals surface area contributed by atoms with E-state index in [-0.39, 0.29) is 18.2 Å². The molecule has 0 fully saturated rings. The molecule has 0 radical (unpaired) electrons. The number of nitrogens with zero attached hydrogens (tertiary/aromatic N) is 6. The molecule has 0 saturated heterocycles. The SMILES string of the molecule is CC(C)n1cc(Nc2cc(-n3cnc4cc(Cl)cnc43)ncc2C(=O)NCC(F)C(C)(C)O)cn1. The summed E-state index contributed by atoms with van der Waals surface area (Å²) in [5.74, 6) is -0.0902. The maximum absolute atomic E-state index is 14.2. The van der Waals surface area contributed by atoms with Crippen LogP contribution in [-0.4, -0.2) is 58.6 Å². The Morgan fingerprint density at radius 3 is 2.66 bits per heavy atom. The fourth-order valence-electron chi connectivity index (χ4n) is 3.27. The summed E-state index contributed by atoms with van der Waals surface area (Å²) >= 11 is 6.02. The number of hydrogen-bond acceptors (Lipinski definition) is 7. The third-order valence-corrected chi connectivity index (χ3v) is 5.56. The zero-order valence-corrected chi connectivity index (χ0v) is 20.5. The molecule has 4 heterocycles. The molecule has 35 heavy (non-hydrogen) atoms. The van der Waals surface area contributed by atoms with Crippen molar-refractivity contribution in [1.82, 2.24) is 34.6 Å². The van der Waals surface area contributed by atoms with Crippen molar-refractivity contribution in [2.45, 2.75) is 45.5 Å². The monoisotopic (exact) mass is 500 g/mol. The summed E-state index contributed by atoms with van der Waals surface area (Å²) in [7, 11) is 0. The van der Waals surface area contributed by atoms with Gasteiger partial charge < -0.3 is 15.7 Å². The van der Waals surface area contributed by atoms with Crippen LogP contribution in [0.5, 0.6) is 0 Å². The number of rotatable bonds is 8. The van der Waals surface area contributed by atoms with Crippen molar-refractivity contribution in [3.8, 4) is 5.82 Å². The van der Waals surface area contributed by atoms with E-state index in [4.69, 9.17) is 11.6 Å². The molecule has 0 saturated carbocycles. The number of aliphatic hydroxyl groups is 1. The van der Waals surface area contributed by atoms with Gasteiger partial charge in [0.2, 0.25) is 0 Å². The van der Waals surface area contributed by atoms with Crippen LogP contribution >= 0.6 is 11.6 Å². The summed E-state index contributed by atoms with van der Waals surface area (Å²) in [6.07, 6.45) is 6.28. The first-order valence-corrected chi connectivity index (χ1v) is 11.4. The van der Waals surface area contributed by atoms with Crippen LogP contribution in [0.15, 0.2) is 43.2 Å². The molecule has 184 valence electrons. The Labute approximate surface area is 206 Å². The number of nitrogens with one attached hydrogen (secondary N) is 2. The fourth-order valence-corrected chi connectivity index (χ4v) is 3.42. The standard InChI is InChI=1S/C23H26ClFN8O2/c1-13(2)33-11-15(8-30-33)31-17-6-20(32-12-29-18-5-14(24)7-27-21(18)32)26-9-16(17)22(34)28-10-19(25)23(3,4)35/h5-9,11-13,19,35H,10H2,1-4H3,(H,26,31)(H,28,34). The Morgan fingerprint density at radius 1 is 1.20 bits per heavy atom. The van der Waals surface area contributed by atoms with Gasteiger partial charge in [-0.2, -0.15) is 5.10 Å². The zero-order valence-electron chi connectivity index (χ0n) is 19.7. The third-order valence-electron chi connectivity index (χ3n) is 5.35. The third kappa shape index (κ3) is 5.41. The number of carbonyl (C=O) groups excluding carboxylic acids is 1. The smallest absolute Gasteiger partial charge is 0.255 e.